The molecule has 7 nitrogen and oxygen atoms in total. The number of fused-ring (bicyclic) bond motifs is 1. The molecular formula is C16H19F3N4O3. The number of hydrogen-bond donors (Lipinski definition) is 2. The van der Waals surface area contributed by atoms with Gasteiger partial charge in [0.1, 0.15) is 12.2 Å². The van der Waals surface area contributed by atoms with Crippen molar-refractivity contribution in [3.63, 3.8) is 0 Å². The van der Waals surface area contributed by atoms with Gasteiger partial charge in [0.05, 0.1) is 17.8 Å². The van der Waals surface area contributed by atoms with Crippen molar-refractivity contribution in [3.05, 3.63) is 33.4 Å². The summed E-state index contributed by atoms with van der Waals surface area (Å²) in [6.45, 7) is 2.40. The van der Waals surface area contributed by atoms with Crippen molar-refractivity contribution in [2.75, 3.05) is 19.7 Å². The number of esters is 1. The van der Waals surface area contributed by atoms with Gasteiger partial charge in [0, 0.05) is 12.0 Å². The van der Waals surface area contributed by atoms with Crippen molar-refractivity contribution in [1.82, 2.24) is 19.9 Å². The number of hydrogen-bond acceptors (Lipinski definition) is 5. The zero-order chi connectivity index (χ0) is 18.9. The van der Waals surface area contributed by atoms with E-state index in [0.717, 1.165) is 25.9 Å². The molecule has 3 rings (SSSR count). The number of halogens is 3. The number of carbonyl (C=O) groups excluding carboxylic acids is 1. The van der Waals surface area contributed by atoms with Crippen LogP contribution in [0.25, 0.3) is 5.65 Å². The minimum Gasteiger partial charge on any atom is -0.462 e. The van der Waals surface area contributed by atoms with Gasteiger partial charge in [0.2, 0.25) is 0 Å². The van der Waals surface area contributed by atoms with Gasteiger partial charge in [0.15, 0.2) is 5.65 Å². The van der Waals surface area contributed by atoms with Crippen LogP contribution >= 0.6 is 0 Å². The van der Waals surface area contributed by atoms with Crippen molar-refractivity contribution in [3.8, 4) is 0 Å². The molecule has 142 valence electrons. The second kappa shape index (κ2) is 7.10. The molecule has 1 aliphatic heterocycles. The van der Waals surface area contributed by atoms with Crippen LogP contribution in [-0.4, -0.2) is 46.4 Å². The first kappa shape index (κ1) is 18.4. The quantitative estimate of drug-likeness (QED) is 0.801. The van der Waals surface area contributed by atoms with Crippen molar-refractivity contribution >= 4 is 11.6 Å². The molecule has 10 heteroatoms. The number of nitrogens with zero attached hydrogens (tertiary/aromatic N) is 2. The van der Waals surface area contributed by atoms with Crippen molar-refractivity contribution < 1.29 is 22.7 Å². The van der Waals surface area contributed by atoms with Crippen molar-refractivity contribution in [2.45, 2.75) is 38.3 Å². The number of alkyl halides is 3. The lowest BCUT2D eigenvalue weighted by Crippen LogP contribution is -2.28. The first-order valence-corrected chi connectivity index (χ1v) is 8.33. The number of aromatic nitrogens is 3. The predicted octanol–water partition coefficient (Wildman–Crippen LogP) is 1.91. The SMILES string of the molecule is Cc1nn2c(C3CCNCC3)cc(=O)[nH]c2c1C(=O)OCCC(F)(F)F. The third kappa shape index (κ3) is 3.90. The van der Waals surface area contributed by atoms with Crippen LogP contribution < -0.4 is 10.9 Å². The predicted molar refractivity (Wildman–Crippen MR) is 86.3 cm³/mol. The number of H-pyrrole nitrogens is 1. The molecule has 2 aromatic rings. The fraction of sp³-hybridized carbons (Fsp3) is 0.562. The molecule has 1 fully saturated rings. The summed E-state index contributed by atoms with van der Waals surface area (Å²) in [7, 11) is 0. The van der Waals surface area contributed by atoms with Gasteiger partial charge >= 0.3 is 12.1 Å². The normalized spacial score (nSPS) is 16.2. The molecule has 3 heterocycles. The molecule has 0 atom stereocenters. The summed E-state index contributed by atoms with van der Waals surface area (Å²) in [5.74, 6) is -0.825. The number of ether oxygens (including phenoxy) is 1. The highest BCUT2D eigenvalue weighted by molar-refractivity contribution is 5.97. The average molecular weight is 372 g/mol. The smallest absolute Gasteiger partial charge is 0.392 e. The van der Waals surface area contributed by atoms with E-state index in [0.29, 0.717) is 11.4 Å². The second-order valence-electron chi connectivity index (χ2n) is 6.30. The Bertz CT molecular complexity index is 866. The standard InChI is InChI=1S/C16H19F3N4O3/c1-9-13(15(25)26-7-4-16(17,18)19)14-21-12(24)8-11(23(14)22-9)10-2-5-20-6-3-10/h8,10,20H,2-7H2,1H3,(H,21,24). The van der Waals surface area contributed by atoms with Crippen LogP contribution in [0.3, 0.4) is 0 Å². The van der Waals surface area contributed by atoms with Crippen LogP contribution in [0.5, 0.6) is 0 Å². The van der Waals surface area contributed by atoms with E-state index < -0.39 is 30.7 Å². The molecule has 0 amide bonds. The molecule has 0 aliphatic carbocycles. The maximum atomic E-state index is 12.3. The molecule has 0 bridgehead atoms. The number of nitrogens with one attached hydrogen (secondary N) is 2. The Morgan fingerprint density at radius 3 is 2.73 bits per heavy atom. The number of rotatable bonds is 4. The molecule has 0 spiro atoms. The van der Waals surface area contributed by atoms with E-state index in [1.807, 2.05) is 0 Å². The summed E-state index contributed by atoms with van der Waals surface area (Å²) in [4.78, 5) is 26.9. The van der Waals surface area contributed by atoms with Gasteiger partial charge in [-0.1, -0.05) is 0 Å². The van der Waals surface area contributed by atoms with Crippen LogP contribution in [0.1, 0.15) is 46.9 Å². The minimum absolute atomic E-state index is 0.0138. The number of piperidine rings is 1. The Hall–Kier alpha value is -2.36. The fourth-order valence-electron chi connectivity index (χ4n) is 3.16. The third-order valence-corrected chi connectivity index (χ3v) is 4.41. The number of aromatic amines is 1. The van der Waals surface area contributed by atoms with Crippen LogP contribution in [-0.2, 0) is 4.74 Å². The molecule has 1 saturated heterocycles. The Balaban J connectivity index is 1.94. The minimum atomic E-state index is -4.41. The summed E-state index contributed by atoms with van der Waals surface area (Å²) < 4.78 is 42.9. The van der Waals surface area contributed by atoms with Crippen LogP contribution in [0, 0.1) is 6.92 Å². The van der Waals surface area contributed by atoms with Crippen molar-refractivity contribution in [2.24, 2.45) is 0 Å². The molecule has 0 radical (unpaired) electrons. The lowest BCUT2D eigenvalue weighted by molar-refractivity contribution is -0.141. The lowest BCUT2D eigenvalue weighted by Gasteiger charge is -2.23. The molecule has 26 heavy (non-hydrogen) atoms. The maximum Gasteiger partial charge on any atom is 0.392 e. The summed E-state index contributed by atoms with van der Waals surface area (Å²) in [6.07, 6.45) is -3.99. The molecule has 0 unspecified atom stereocenters. The Kier molecular flexibility index (Phi) is 5.03. The summed E-state index contributed by atoms with van der Waals surface area (Å²) in [5, 5.41) is 7.55. The monoisotopic (exact) mass is 372 g/mol. The summed E-state index contributed by atoms with van der Waals surface area (Å²) in [6, 6.07) is 1.45. The van der Waals surface area contributed by atoms with Crippen LogP contribution in [0.2, 0.25) is 0 Å². The molecule has 2 N–H and O–H groups in total. The highest BCUT2D eigenvalue weighted by Gasteiger charge is 2.29. The molecular weight excluding hydrogens is 353 g/mol. The van der Waals surface area contributed by atoms with Gasteiger partial charge < -0.3 is 15.0 Å². The van der Waals surface area contributed by atoms with E-state index in [1.54, 1.807) is 6.92 Å². The van der Waals surface area contributed by atoms with Gasteiger partial charge in [-0.2, -0.15) is 18.3 Å². The van der Waals surface area contributed by atoms with Gasteiger partial charge in [-0.15, -0.1) is 0 Å². The zero-order valence-electron chi connectivity index (χ0n) is 14.2. The third-order valence-electron chi connectivity index (χ3n) is 4.41. The Morgan fingerprint density at radius 2 is 2.08 bits per heavy atom. The molecule has 0 saturated carbocycles. The van der Waals surface area contributed by atoms with E-state index in [2.05, 4.69) is 15.4 Å². The molecule has 2 aromatic heterocycles. The van der Waals surface area contributed by atoms with E-state index in [9.17, 15) is 22.8 Å². The largest absolute Gasteiger partial charge is 0.462 e. The molecule has 0 aromatic carbocycles. The first-order chi connectivity index (χ1) is 12.3. The fourth-order valence-corrected chi connectivity index (χ4v) is 3.16. The van der Waals surface area contributed by atoms with Crippen LogP contribution in [0.15, 0.2) is 10.9 Å². The summed E-state index contributed by atoms with van der Waals surface area (Å²) >= 11 is 0. The average Bonchev–Trinajstić information content (AvgIpc) is 2.89. The topological polar surface area (TPSA) is 88.5 Å². The Labute approximate surface area is 146 Å². The van der Waals surface area contributed by atoms with E-state index in [-0.39, 0.29) is 17.1 Å². The summed E-state index contributed by atoms with van der Waals surface area (Å²) in [5.41, 5.74) is 0.720. The molecule has 1 aliphatic rings. The zero-order valence-corrected chi connectivity index (χ0v) is 14.2. The highest BCUT2D eigenvalue weighted by Crippen LogP contribution is 2.26. The van der Waals surface area contributed by atoms with E-state index in [4.69, 9.17) is 4.74 Å². The maximum absolute atomic E-state index is 12.3. The first-order valence-electron chi connectivity index (χ1n) is 8.33. The van der Waals surface area contributed by atoms with Gasteiger partial charge in [-0.05, 0) is 32.9 Å². The number of carbonyl (C=O) groups is 1. The lowest BCUT2D eigenvalue weighted by atomic mass is 9.94. The highest BCUT2D eigenvalue weighted by atomic mass is 19.4. The van der Waals surface area contributed by atoms with Gasteiger partial charge in [-0.3, -0.25) is 4.79 Å². The van der Waals surface area contributed by atoms with Gasteiger partial charge in [-0.25, -0.2) is 9.31 Å². The van der Waals surface area contributed by atoms with Gasteiger partial charge in [0.25, 0.3) is 5.56 Å². The second-order valence-corrected chi connectivity index (χ2v) is 6.30. The van der Waals surface area contributed by atoms with E-state index in [1.165, 1.54) is 10.6 Å². The Morgan fingerprint density at radius 1 is 1.38 bits per heavy atom. The van der Waals surface area contributed by atoms with Crippen molar-refractivity contribution in [1.29, 1.82) is 0 Å². The number of aryl methyl sites for hydroxylation is 1. The van der Waals surface area contributed by atoms with E-state index >= 15 is 0 Å². The van der Waals surface area contributed by atoms with Crippen LogP contribution in [0.4, 0.5) is 13.2 Å².